The average molecular weight is 171 g/mol. The van der Waals surface area contributed by atoms with Crippen molar-refractivity contribution in [2.24, 2.45) is 17.1 Å². The Morgan fingerprint density at radius 3 is 2.08 bits per heavy atom. The lowest BCUT2D eigenvalue weighted by Crippen LogP contribution is -2.23. The van der Waals surface area contributed by atoms with E-state index in [9.17, 15) is 0 Å². The molecule has 0 saturated heterocycles. The fraction of sp³-hybridized carbons (Fsp3) is 1.00. The Bertz CT molecular complexity index is 113. The van der Waals surface area contributed by atoms with Gasteiger partial charge in [-0.3, -0.25) is 0 Å². The van der Waals surface area contributed by atoms with Crippen molar-refractivity contribution in [1.29, 1.82) is 0 Å². The lowest BCUT2D eigenvalue weighted by molar-refractivity contribution is 0.284. The fourth-order valence-electron chi connectivity index (χ4n) is 1.81. The highest BCUT2D eigenvalue weighted by molar-refractivity contribution is 4.70. The molecule has 74 valence electrons. The zero-order valence-electron chi connectivity index (χ0n) is 9.35. The number of hydrogen-bond acceptors (Lipinski definition) is 1. The molecule has 0 aliphatic carbocycles. The minimum atomic E-state index is 0.405. The summed E-state index contributed by atoms with van der Waals surface area (Å²) in [5.41, 5.74) is 6.34. The third-order valence-corrected chi connectivity index (χ3v) is 2.19. The van der Waals surface area contributed by atoms with Crippen molar-refractivity contribution in [2.45, 2.75) is 59.9 Å². The molecule has 0 bridgehead atoms. The highest BCUT2D eigenvalue weighted by Gasteiger charge is 2.16. The maximum Gasteiger partial charge on any atom is 0.00387 e. The third kappa shape index (κ3) is 6.66. The first-order valence-electron chi connectivity index (χ1n) is 5.10. The zero-order valence-corrected chi connectivity index (χ0v) is 9.35. The summed E-state index contributed by atoms with van der Waals surface area (Å²) in [7, 11) is 0. The Hall–Kier alpha value is -0.0400. The van der Waals surface area contributed by atoms with E-state index in [1.165, 1.54) is 12.8 Å². The Balaban J connectivity index is 3.66. The van der Waals surface area contributed by atoms with Crippen LogP contribution >= 0.6 is 0 Å². The van der Waals surface area contributed by atoms with E-state index >= 15 is 0 Å². The van der Waals surface area contributed by atoms with Gasteiger partial charge in [0, 0.05) is 6.04 Å². The van der Waals surface area contributed by atoms with Crippen LogP contribution in [0.3, 0.4) is 0 Å². The second kappa shape index (κ2) is 4.86. The van der Waals surface area contributed by atoms with Gasteiger partial charge in [-0.05, 0) is 30.6 Å². The molecule has 1 heteroatoms. The van der Waals surface area contributed by atoms with Gasteiger partial charge in [0.25, 0.3) is 0 Å². The highest BCUT2D eigenvalue weighted by atomic mass is 14.6. The lowest BCUT2D eigenvalue weighted by Gasteiger charge is -2.24. The SMILES string of the molecule is CCC(N)CC(C)CC(C)(C)C. The topological polar surface area (TPSA) is 26.0 Å². The van der Waals surface area contributed by atoms with Gasteiger partial charge in [0.15, 0.2) is 0 Å². The van der Waals surface area contributed by atoms with Crippen molar-refractivity contribution in [3.8, 4) is 0 Å². The Morgan fingerprint density at radius 1 is 1.25 bits per heavy atom. The van der Waals surface area contributed by atoms with E-state index in [-0.39, 0.29) is 0 Å². The summed E-state index contributed by atoms with van der Waals surface area (Å²) in [4.78, 5) is 0. The summed E-state index contributed by atoms with van der Waals surface area (Å²) in [5, 5.41) is 0. The molecule has 2 N–H and O–H groups in total. The molecule has 2 atom stereocenters. The molecule has 0 aliphatic rings. The Labute approximate surface area is 77.7 Å². The van der Waals surface area contributed by atoms with Gasteiger partial charge >= 0.3 is 0 Å². The van der Waals surface area contributed by atoms with E-state index in [4.69, 9.17) is 5.73 Å². The molecule has 0 amide bonds. The summed E-state index contributed by atoms with van der Waals surface area (Å²) < 4.78 is 0. The predicted molar refractivity (Wildman–Crippen MR) is 56.1 cm³/mol. The van der Waals surface area contributed by atoms with Crippen LogP contribution in [0.15, 0.2) is 0 Å². The zero-order chi connectivity index (χ0) is 9.78. The maximum atomic E-state index is 5.89. The van der Waals surface area contributed by atoms with Crippen LogP contribution in [0.2, 0.25) is 0 Å². The van der Waals surface area contributed by atoms with Gasteiger partial charge in [0.05, 0.1) is 0 Å². The normalized spacial score (nSPS) is 17.5. The van der Waals surface area contributed by atoms with Crippen LogP contribution in [0.25, 0.3) is 0 Å². The van der Waals surface area contributed by atoms with E-state index < -0.39 is 0 Å². The first-order valence-corrected chi connectivity index (χ1v) is 5.10. The van der Waals surface area contributed by atoms with E-state index in [2.05, 4.69) is 34.6 Å². The van der Waals surface area contributed by atoms with Gasteiger partial charge in [0.1, 0.15) is 0 Å². The van der Waals surface area contributed by atoms with Gasteiger partial charge in [-0.15, -0.1) is 0 Å². The Morgan fingerprint density at radius 2 is 1.75 bits per heavy atom. The highest BCUT2D eigenvalue weighted by Crippen LogP contribution is 2.26. The molecule has 0 saturated carbocycles. The molecule has 0 radical (unpaired) electrons. The number of hydrogen-bond donors (Lipinski definition) is 1. The molecule has 0 heterocycles. The predicted octanol–water partition coefficient (Wildman–Crippen LogP) is 3.19. The molecular formula is C11H25N. The molecule has 0 rings (SSSR count). The summed E-state index contributed by atoms with van der Waals surface area (Å²) in [6.45, 7) is 11.3. The van der Waals surface area contributed by atoms with Gasteiger partial charge in [-0.25, -0.2) is 0 Å². The van der Waals surface area contributed by atoms with Crippen LogP contribution in [0, 0.1) is 11.3 Å². The van der Waals surface area contributed by atoms with Crippen molar-refractivity contribution in [3.63, 3.8) is 0 Å². The smallest absolute Gasteiger partial charge is 0.00387 e. The second-order valence-electron chi connectivity index (χ2n) is 5.27. The summed E-state index contributed by atoms with van der Waals surface area (Å²) in [6.07, 6.45) is 3.56. The van der Waals surface area contributed by atoms with Gasteiger partial charge in [-0.1, -0.05) is 34.6 Å². The van der Waals surface area contributed by atoms with Crippen LogP contribution in [0.4, 0.5) is 0 Å². The summed E-state index contributed by atoms with van der Waals surface area (Å²) in [5.74, 6) is 0.764. The molecular weight excluding hydrogens is 146 g/mol. The second-order valence-corrected chi connectivity index (χ2v) is 5.27. The first-order chi connectivity index (χ1) is 5.35. The quantitative estimate of drug-likeness (QED) is 0.690. The van der Waals surface area contributed by atoms with E-state index in [0.717, 1.165) is 12.3 Å². The molecule has 0 aromatic heterocycles. The van der Waals surface area contributed by atoms with Crippen LogP contribution in [0.5, 0.6) is 0 Å². The molecule has 0 spiro atoms. The molecule has 0 fully saturated rings. The van der Waals surface area contributed by atoms with Gasteiger partial charge in [-0.2, -0.15) is 0 Å². The first kappa shape index (κ1) is 12.0. The average Bonchev–Trinajstić information content (AvgIpc) is 1.82. The standard InChI is InChI=1S/C11H25N/c1-6-10(12)7-9(2)8-11(3,4)5/h9-10H,6-8,12H2,1-5H3. The van der Waals surface area contributed by atoms with Crippen LogP contribution in [-0.4, -0.2) is 6.04 Å². The van der Waals surface area contributed by atoms with Gasteiger partial charge < -0.3 is 5.73 Å². The van der Waals surface area contributed by atoms with Crippen LogP contribution in [0.1, 0.15) is 53.9 Å². The van der Waals surface area contributed by atoms with E-state index in [1.807, 2.05) is 0 Å². The van der Waals surface area contributed by atoms with Crippen molar-refractivity contribution in [1.82, 2.24) is 0 Å². The van der Waals surface area contributed by atoms with Gasteiger partial charge in [0.2, 0.25) is 0 Å². The lowest BCUT2D eigenvalue weighted by atomic mass is 9.83. The fourth-order valence-corrected chi connectivity index (χ4v) is 1.81. The third-order valence-electron chi connectivity index (χ3n) is 2.19. The maximum absolute atomic E-state index is 5.89. The van der Waals surface area contributed by atoms with Crippen molar-refractivity contribution in [3.05, 3.63) is 0 Å². The van der Waals surface area contributed by atoms with E-state index in [0.29, 0.717) is 11.5 Å². The summed E-state index contributed by atoms with van der Waals surface area (Å²) >= 11 is 0. The van der Waals surface area contributed by atoms with Crippen molar-refractivity contribution < 1.29 is 0 Å². The molecule has 0 aliphatic heterocycles. The minimum Gasteiger partial charge on any atom is -0.328 e. The number of rotatable bonds is 4. The van der Waals surface area contributed by atoms with Crippen molar-refractivity contribution in [2.75, 3.05) is 0 Å². The summed E-state index contributed by atoms with van der Waals surface area (Å²) in [6, 6.07) is 0.405. The molecule has 2 unspecified atom stereocenters. The van der Waals surface area contributed by atoms with Crippen molar-refractivity contribution >= 4 is 0 Å². The molecule has 12 heavy (non-hydrogen) atoms. The Kier molecular flexibility index (Phi) is 4.84. The van der Waals surface area contributed by atoms with Crippen LogP contribution in [-0.2, 0) is 0 Å². The molecule has 1 nitrogen and oxygen atoms in total. The minimum absolute atomic E-state index is 0.405. The van der Waals surface area contributed by atoms with Crippen LogP contribution < -0.4 is 5.73 Å². The number of nitrogens with two attached hydrogens (primary N) is 1. The largest absolute Gasteiger partial charge is 0.328 e. The van der Waals surface area contributed by atoms with E-state index in [1.54, 1.807) is 0 Å². The molecule has 0 aromatic carbocycles. The molecule has 0 aromatic rings. The monoisotopic (exact) mass is 171 g/mol.